The molecular formula is C23H33N5O3. The fourth-order valence-electron chi connectivity index (χ4n) is 5.25. The number of hydrogen-bond acceptors (Lipinski definition) is 5. The Morgan fingerprint density at radius 1 is 1.13 bits per heavy atom. The number of hydrogen-bond donors (Lipinski definition) is 2. The lowest BCUT2D eigenvalue weighted by atomic mass is 9.79. The minimum Gasteiger partial charge on any atom is -0.350 e. The molecule has 1 amide bonds. The molecule has 8 heteroatoms. The van der Waals surface area contributed by atoms with Gasteiger partial charge in [-0.15, -0.1) is 0 Å². The van der Waals surface area contributed by atoms with E-state index in [1.54, 1.807) is 6.07 Å². The molecule has 2 aliphatic rings. The molecule has 2 aromatic rings. The van der Waals surface area contributed by atoms with Gasteiger partial charge in [0.25, 0.3) is 11.5 Å². The molecule has 3 heterocycles. The van der Waals surface area contributed by atoms with Gasteiger partial charge in [0.2, 0.25) is 0 Å². The van der Waals surface area contributed by atoms with E-state index >= 15 is 0 Å². The van der Waals surface area contributed by atoms with Crippen molar-refractivity contribution in [1.29, 1.82) is 0 Å². The smallest absolute Gasteiger partial charge is 0.329 e. The van der Waals surface area contributed by atoms with Crippen LogP contribution in [0, 0.1) is 0 Å². The van der Waals surface area contributed by atoms with E-state index in [1.165, 1.54) is 49.3 Å². The Morgan fingerprint density at radius 2 is 1.84 bits per heavy atom. The largest absolute Gasteiger partial charge is 0.350 e. The van der Waals surface area contributed by atoms with Crippen LogP contribution in [0.25, 0.3) is 11.0 Å². The van der Waals surface area contributed by atoms with Crippen molar-refractivity contribution >= 4 is 16.9 Å². The number of likely N-dealkylation sites (tertiary alicyclic amines) is 1. The minimum atomic E-state index is -0.508. The highest BCUT2D eigenvalue weighted by Crippen LogP contribution is 2.35. The van der Waals surface area contributed by atoms with Crippen molar-refractivity contribution in [2.45, 2.75) is 76.8 Å². The number of amides is 1. The van der Waals surface area contributed by atoms with E-state index < -0.39 is 11.2 Å². The van der Waals surface area contributed by atoms with Crippen molar-refractivity contribution in [1.82, 2.24) is 24.8 Å². The molecule has 2 aromatic heterocycles. The minimum absolute atomic E-state index is 0.0394. The fourth-order valence-corrected chi connectivity index (χ4v) is 5.25. The Morgan fingerprint density at radius 3 is 2.55 bits per heavy atom. The van der Waals surface area contributed by atoms with Gasteiger partial charge in [0.05, 0.1) is 10.9 Å². The Kier molecular flexibility index (Phi) is 6.55. The van der Waals surface area contributed by atoms with E-state index in [0.717, 1.165) is 32.4 Å². The molecule has 0 atom stereocenters. The van der Waals surface area contributed by atoms with Crippen LogP contribution in [-0.2, 0) is 6.54 Å². The summed E-state index contributed by atoms with van der Waals surface area (Å²) in [7, 11) is 0. The summed E-state index contributed by atoms with van der Waals surface area (Å²) >= 11 is 0. The van der Waals surface area contributed by atoms with Crippen molar-refractivity contribution in [2.75, 3.05) is 19.6 Å². The zero-order valence-electron chi connectivity index (χ0n) is 18.4. The molecule has 1 aliphatic carbocycles. The summed E-state index contributed by atoms with van der Waals surface area (Å²) in [6.07, 6.45) is 11.9. The lowest BCUT2D eigenvalue weighted by Gasteiger charge is -2.48. The van der Waals surface area contributed by atoms with E-state index in [0.29, 0.717) is 24.3 Å². The number of fused-ring (bicyclic) bond motifs is 1. The van der Waals surface area contributed by atoms with Gasteiger partial charge < -0.3 is 5.32 Å². The topological polar surface area (TPSA) is 100 Å². The van der Waals surface area contributed by atoms with E-state index in [4.69, 9.17) is 0 Å². The highest BCUT2D eigenvalue weighted by molar-refractivity contribution is 5.96. The number of aromatic nitrogens is 3. The number of piperidine rings is 1. The summed E-state index contributed by atoms with van der Waals surface area (Å²) in [6, 6.07) is 1.55. The maximum Gasteiger partial charge on any atom is 0.329 e. The quantitative estimate of drug-likeness (QED) is 0.737. The summed E-state index contributed by atoms with van der Waals surface area (Å²) in [6.45, 7) is 5.25. The number of aryl methyl sites for hydroxylation is 1. The molecule has 0 bridgehead atoms. The van der Waals surface area contributed by atoms with Crippen molar-refractivity contribution < 1.29 is 4.79 Å². The van der Waals surface area contributed by atoms with Crippen LogP contribution in [-0.4, -0.2) is 50.5 Å². The Balaban J connectivity index is 1.56. The van der Waals surface area contributed by atoms with Crippen LogP contribution in [0.5, 0.6) is 0 Å². The van der Waals surface area contributed by atoms with Crippen LogP contribution in [0.3, 0.4) is 0 Å². The Bertz CT molecular complexity index is 1050. The molecule has 168 valence electrons. The van der Waals surface area contributed by atoms with Gasteiger partial charge >= 0.3 is 5.69 Å². The van der Waals surface area contributed by atoms with E-state index in [9.17, 15) is 14.4 Å². The van der Waals surface area contributed by atoms with Crippen LogP contribution in [0.1, 0.15) is 75.1 Å². The number of rotatable bonds is 6. The molecule has 0 aromatic carbocycles. The van der Waals surface area contributed by atoms with Crippen LogP contribution in [0.2, 0.25) is 0 Å². The predicted octanol–water partition coefficient (Wildman–Crippen LogP) is 2.41. The Hall–Kier alpha value is -2.48. The molecular weight excluding hydrogens is 394 g/mol. The van der Waals surface area contributed by atoms with Gasteiger partial charge in [-0.25, -0.2) is 9.78 Å². The molecule has 1 saturated heterocycles. The number of H-pyrrole nitrogens is 1. The number of nitrogens with zero attached hydrogens (tertiary/aromatic N) is 3. The van der Waals surface area contributed by atoms with Crippen LogP contribution >= 0.6 is 0 Å². The molecule has 1 aliphatic heterocycles. The first-order valence-corrected chi connectivity index (χ1v) is 11.7. The van der Waals surface area contributed by atoms with Gasteiger partial charge in [0.1, 0.15) is 5.65 Å². The molecule has 0 unspecified atom stereocenters. The highest BCUT2D eigenvalue weighted by Gasteiger charge is 2.38. The van der Waals surface area contributed by atoms with E-state index in [-0.39, 0.29) is 16.8 Å². The lowest BCUT2D eigenvalue weighted by molar-refractivity contribution is 0.0326. The van der Waals surface area contributed by atoms with Gasteiger partial charge in [-0.2, -0.15) is 0 Å². The van der Waals surface area contributed by atoms with Gasteiger partial charge in [-0.3, -0.25) is 24.0 Å². The average Bonchev–Trinajstić information content (AvgIpc) is 2.81. The third-order valence-electron chi connectivity index (χ3n) is 6.93. The second-order valence-corrected chi connectivity index (χ2v) is 9.02. The molecule has 2 N–H and O–H groups in total. The highest BCUT2D eigenvalue weighted by atomic mass is 16.2. The van der Waals surface area contributed by atoms with E-state index in [1.807, 2.05) is 6.92 Å². The predicted molar refractivity (Wildman–Crippen MR) is 120 cm³/mol. The third kappa shape index (κ3) is 4.44. The maximum atomic E-state index is 13.0. The molecule has 0 spiro atoms. The van der Waals surface area contributed by atoms with Gasteiger partial charge in [0.15, 0.2) is 0 Å². The van der Waals surface area contributed by atoms with Gasteiger partial charge in [-0.1, -0.05) is 32.6 Å². The maximum absolute atomic E-state index is 13.0. The van der Waals surface area contributed by atoms with Crippen molar-refractivity contribution in [3.8, 4) is 0 Å². The lowest BCUT2D eigenvalue weighted by Crippen LogP contribution is -2.58. The van der Waals surface area contributed by atoms with Gasteiger partial charge in [0, 0.05) is 24.8 Å². The second-order valence-electron chi connectivity index (χ2n) is 9.02. The zero-order chi connectivity index (χ0) is 21.8. The molecule has 0 radical (unpaired) electrons. The zero-order valence-corrected chi connectivity index (χ0v) is 18.4. The van der Waals surface area contributed by atoms with Crippen LogP contribution < -0.4 is 16.6 Å². The van der Waals surface area contributed by atoms with Crippen molar-refractivity contribution in [3.63, 3.8) is 0 Å². The van der Waals surface area contributed by atoms with Crippen LogP contribution in [0.4, 0.5) is 0 Å². The summed E-state index contributed by atoms with van der Waals surface area (Å²) in [4.78, 5) is 46.7. The second kappa shape index (κ2) is 9.34. The SMILES string of the molecule is CCCn1c(=O)[nH]c(=O)c2cc(C(=O)NCC3(N4CCCCC4)CCCCC3)cnc21. The van der Waals surface area contributed by atoms with Gasteiger partial charge in [-0.05, 0) is 51.3 Å². The molecule has 31 heavy (non-hydrogen) atoms. The molecule has 4 rings (SSSR count). The molecule has 8 nitrogen and oxygen atoms in total. The summed E-state index contributed by atoms with van der Waals surface area (Å²) in [5.74, 6) is -0.219. The standard InChI is InChI=1S/C23H33N5O3/c1-2-11-28-19-18(21(30)26-22(28)31)14-17(15-24-19)20(29)25-16-23(9-5-3-6-10-23)27-12-7-4-8-13-27/h14-15H,2-13,16H2,1H3,(H,25,29)(H,26,30,31). The first kappa shape index (κ1) is 21.7. The van der Waals surface area contributed by atoms with E-state index in [2.05, 4.69) is 20.2 Å². The summed E-state index contributed by atoms with van der Waals surface area (Å²) in [5, 5.41) is 3.41. The number of carbonyl (C=O) groups excluding carboxylic acids is 1. The van der Waals surface area contributed by atoms with Crippen molar-refractivity contribution in [3.05, 3.63) is 38.7 Å². The summed E-state index contributed by atoms with van der Waals surface area (Å²) < 4.78 is 1.45. The first-order chi connectivity index (χ1) is 15.0. The molecule has 2 fully saturated rings. The molecule has 1 saturated carbocycles. The number of aromatic amines is 1. The normalized spacial score (nSPS) is 19.4. The summed E-state index contributed by atoms with van der Waals surface area (Å²) in [5.41, 5.74) is -0.262. The Labute approximate surface area is 182 Å². The average molecular weight is 428 g/mol. The fraction of sp³-hybridized carbons (Fsp3) is 0.652. The number of nitrogens with one attached hydrogen (secondary N) is 2. The first-order valence-electron chi connectivity index (χ1n) is 11.7. The monoisotopic (exact) mass is 427 g/mol. The van der Waals surface area contributed by atoms with Crippen molar-refractivity contribution in [2.24, 2.45) is 0 Å². The van der Waals surface area contributed by atoms with Crippen LogP contribution in [0.15, 0.2) is 21.9 Å². The number of pyridine rings is 1. The third-order valence-corrected chi connectivity index (χ3v) is 6.93. The number of carbonyl (C=O) groups is 1.